The SMILES string of the molecule is [CH]=CC(C)CCCC(C)CCCC(C)CCCC(C)CCCC(C)C. The molecule has 0 nitrogen and oxygen atoms in total. The standard InChI is InChI=1S/C25H49/c1-8-22(4)14-10-16-24(6)18-12-20-25(7)19-11-17-23(5)15-9-13-21(2)3/h1,8,21-25H,9-20H2,2-7H3. The molecule has 0 spiro atoms. The molecule has 0 saturated heterocycles. The summed E-state index contributed by atoms with van der Waals surface area (Å²) in [5, 5.41) is 0. The molecular formula is C25H49. The molecule has 0 heteroatoms. The molecule has 0 heterocycles. The summed E-state index contributed by atoms with van der Waals surface area (Å²) in [4.78, 5) is 0. The van der Waals surface area contributed by atoms with E-state index in [1.165, 1.54) is 77.0 Å². The van der Waals surface area contributed by atoms with Crippen LogP contribution in [0.5, 0.6) is 0 Å². The lowest BCUT2D eigenvalue weighted by atomic mass is 9.90. The molecule has 0 aromatic rings. The molecule has 0 aromatic heterocycles. The molecule has 0 aromatic carbocycles. The highest BCUT2D eigenvalue weighted by Crippen LogP contribution is 2.23. The van der Waals surface area contributed by atoms with Crippen molar-refractivity contribution in [2.45, 2.75) is 119 Å². The van der Waals surface area contributed by atoms with Gasteiger partial charge in [0.1, 0.15) is 0 Å². The lowest BCUT2D eigenvalue weighted by Gasteiger charge is -2.16. The minimum atomic E-state index is 0.583. The van der Waals surface area contributed by atoms with E-state index >= 15 is 0 Å². The topological polar surface area (TPSA) is 0 Å². The van der Waals surface area contributed by atoms with Crippen LogP contribution in [0.1, 0.15) is 119 Å². The van der Waals surface area contributed by atoms with Crippen molar-refractivity contribution in [3.8, 4) is 0 Å². The van der Waals surface area contributed by atoms with Gasteiger partial charge in [0.05, 0.1) is 0 Å². The monoisotopic (exact) mass is 349 g/mol. The van der Waals surface area contributed by atoms with Gasteiger partial charge in [0.2, 0.25) is 0 Å². The van der Waals surface area contributed by atoms with E-state index in [-0.39, 0.29) is 0 Å². The van der Waals surface area contributed by atoms with Gasteiger partial charge < -0.3 is 0 Å². The molecule has 0 N–H and O–H groups in total. The van der Waals surface area contributed by atoms with Gasteiger partial charge in [-0.15, -0.1) is 0 Å². The van der Waals surface area contributed by atoms with Gasteiger partial charge >= 0.3 is 0 Å². The average Bonchev–Trinajstić information content (AvgIpc) is 2.54. The van der Waals surface area contributed by atoms with Crippen molar-refractivity contribution in [1.29, 1.82) is 0 Å². The van der Waals surface area contributed by atoms with Gasteiger partial charge in [-0.3, -0.25) is 0 Å². The van der Waals surface area contributed by atoms with Crippen molar-refractivity contribution in [2.75, 3.05) is 0 Å². The van der Waals surface area contributed by atoms with Crippen LogP contribution in [-0.4, -0.2) is 0 Å². The van der Waals surface area contributed by atoms with Gasteiger partial charge in [-0.05, 0) is 36.0 Å². The third-order valence-electron chi connectivity index (χ3n) is 5.95. The molecule has 4 atom stereocenters. The maximum atomic E-state index is 5.57. The average molecular weight is 350 g/mol. The van der Waals surface area contributed by atoms with Crippen LogP contribution in [0.25, 0.3) is 0 Å². The molecule has 0 aliphatic carbocycles. The molecule has 4 unspecified atom stereocenters. The Morgan fingerprint density at radius 1 is 0.520 bits per heavy atom. The van der Waals surface area contributed by atoms with Crippen LogP contribution in [0.3, 0.4) is 0 Å². The summed E-state index contributed by atoms with van der Waals surface area (Å²) in [5.41, 5.74) is 0. The van der Waals surface area contributed by atoms with E-state index in [0.717, 1.165) is 23.7 Å². The quantitative estimate of drug-likeness (QED) is 0.246. The zero-order valence-electron chi connectivity index (χ0n) is 18.5. The first-order valence-electron chi connectivity index (χ1n) is 11.4. The van der Waals surface area contributed by atoms with E-state index in [2.05, 4.69) is 41.5 Å². The predicted molar refractivity (Wildman–Crippen MR) is 116 cm³/mol. The second-order valence-electron chi connectivity index (χ2n) is 9.60. The summed E-state index contributed by atoms with van der Waals surface area (Å²) in [7, 11) is 0. The molecule has 0 amide bonds. The highest BCUT2D eigenvalue weighted by atomic mass is 14.1. The third kappa shape index (κ3) is 16.9. The molecule has 0 aliphatic rings. The zero-order chi connectivity index (χ0) is 19.1. The lowest BCUT2D eigenvalue weighted by Crippen LogP contribution is -2.02. The largest absolute Gasteiger partial charge is 0.0817 e. The van der Waals surface area contributed by atoms with Crippen molar-refractivity contribution in [2.24, 2.45) is 29.6 Å². The Kier molecular flexibility index (Phi) is 15.8. The van der Waals surface area contributed by atoms with Crippen LogP contribution in [-0.2, 0) is 0 Å². The Labute approximate surface area is 161 Å². The van der Waals surface area contributed by atoms with Gasteiger partial charge in [-0.2, -0.15) is 0 Å². The van der Waals surface area contributed by atoms with Crippen molar-refractivity contribution in [1.82, 2.24) is 0 Å². The predicted octanol–water partition coefficient (Wildman–Crippen LogP) is 8.86. The van der Waals surface area contributed by atoms with E-state index in [0.29, 0.717) is 5.92 Å². The summed E-state index contributed by atoms with van der Waals surface area (Å²) in [6.45, 7) is 19.8. The van der Waals surface area contributed by atoms with Gasteiger partial charge in [0.15, 0.2) is 0 Å². The number of rotatable bonds is 17. The molecule has 1 radical (unpaired) electrons. The number of hydrogen-bond donors (Lipinski definition) is 0. The molecule has 0 bridgehead atoms. The molecule has 0 fully saturated rings. The van der Waals surface area contributed by atoms with Crippen LogP contribution in [0, 0.1) is 36.2 Å². The van der Waals surface area contributed by atoms with E-state index in [9.17, 15) is 0 Å². The lowest BCUT2D eigenvalue weighted by molar-refractivity contribution is 0.370. The smallest absolute Gasteiger partial charge is 0.0259 e. The van der Waals surface area contributed by atoms with Crippen molar-refractivity contribution in [3.05, 3.63) is 12.7 Å². The summed E-state index contributed by atoms with van der Waals surface area (Å²) in [5.74, 6) is 4.19. The minimum Gasteiger partial charge on any atom is -0.0817 e. The maximum Gasteiger partial charge on any atom is -0.0259 e. The van der Waals surface area contributed by atoms with E-state index in [1.807, 2.05) is 6.08 Å². The zero-order valence-corrected chi connectivity index (χ0v) is 18.5. The van der Waals surface area contributed by atoms with Gasteiger partial charge in [0.25, 0.3) is 0 Å². The molecule has 149 valence electrons. The Hall–Kier alpha value is -0.260. The van der Waals surface area contributed by atoms with Crippen molar-refractivity contribution >= 4 is 0 Å². The summed E-state index contributed by atoms with van der Waals surface area (Å²) in [6.07, 6.45) is 18.7. The molecule has 0 rings (SSSR count). The Bertz CT molecular complexity index is 290. The van der Waals surface area contributed by atoms with Crippen LogP contribution >= 0.6 is 0 Å². The fraction of sp³-hybridized carbons (Fsp3) is 0.920. The minimum absolute atomic E-state index is 0.583. The van der Waals surface area contributed by atoms with Crippen LogP contribution < -0.4 is 0 Å². The summed E-state index contributed by atoms with van der Waals surface area (Å²) in [6, 6.07) is 0. The van der Waals surface area contributed by atoms with Gasteiger partial charge in [-0.1, -0.05) is 125 Å². The Morgan fingerprint density at radius 3 is 1.16 bits per heavy atom. The fourth-order valence-corrected chi connectivity index (χ4v) is 3.82. The second kappa shape index (κ2) is 16.0. The van der Waals surface area contributed by atoms with Crippen LogP contribution in [0.2, 0.25) is 0 Å². The molecule has 0 saturated carbocycles. The normalized spacial score (nSPS) is 16.6. The highest BCUT2D eigenvalue weighted by molar-refractivity contribution is 4.72. The number of hydrogen-bond acceptors (Lipinski definition) is 0. The Morgan fingerprint density at radius 2 is 0.840 bits per heavy atom. The first kappa shape index (κ1) is 24.7. The maximum absolute atomic E-state index is 5.57. The Balaban J connectivity index is 3.53. The third-order valence-corrected chi connectivity index (χ3v) is 5.95. The summed E-state index contributed by atoms with van der Waals surface area (Å²) < 4.78 is 0. The highest BCUT2D eigenvalue weighted by Gasteiger charge is 2.08. The summed E-state index contributed by atoms with van der Waals surface area (Å²) >= 11 is 0. The fourth-order valence-electron chi connectivity index (χ4n) is 3.82. The van der Waals surface area contributed by atoms with E-state index in [1.54, 1.807) is 0 Å². The van der Waals surface area contributed by atoms with E-state index < -0.39 is 0 Å². The molecular weight excluding hydrogens is 300 g/mol. The van der Waals surface area contributed by atoms with Gasteiger partial charge in [0, 0.05) is 0 Å². The molecule has 0 aliphatic heterocycles. The van der Waals surface area contributed by atoms with Crippen molar-refractivity contribution in [3.63, 3.8) is 0 Å². The number of allylic oxidation sites excluding steroid dienone is 1. The first-order valence-corrected chi connectivity index (χ1v) is 11.4. The van der Waals surface area contributed by atoms with Gasteiger partial charge in [-0.25, -0.2) is 0 Å². The molecule has 25 heavy (non-hydrogen) atoms. The van der Waals surface area contributed by atoms with Crippen LogP contribution in [0.4, 0.5) is 0 Å². The first-order chi connectivity index (χ1) is 11.8. The van der Waals surface area contributed by atoms with Crippen molar-refractivity contribution < 1.29 is 0 Å². The van der Waals surface area contributed by atoms with E-state index in [4.69, 9.17) is 6.58 Å². The second-order valence-corrected chi connectivity index (χ2v) is 9.60. The van der Waals surface area contributed by atoms with Crippen LogP contribution in [0.15, 0.2) is 6.08 Å².